The van der Waals surface area contributed by atoms with E-state index in [4.69, 9.17) is 9.57 Å². The molecule has 2 fully saturated rings. The van der Waals surface area contributed by atoms with E-state index in [0.29, 0.717) is 6.42 Å². The molecule has 2 aliphatic heterocycles. The third-order valence-corrected chi connectivity index (χ3v) is 4.15. The van der Waals surface area contributed by atoms with Gasteiger partial charge in [-0.25, -0.2) is 4.79 Å². The van der Waals surface area contributed by atoms with E-state index in [2.05, 4.69) is 0 Å². The van der Waals surface area contributed by atoms with Crippen LogP contribution in [0.25, 0.3) is 0 Å². The number of carbonyl (C=O) groups excluding carboxylic acids is 3. The van der Waals surface area contributed by atoms with Crippen molar-refractivity contribution in [1.29, 1.82) is 0 Å². The topological polar surface area (TPSA) is 72.9 Å². The van der Waals surface area contributed by atoms with Gasteiger partial charge in [0.05, 0.1) is 13.2 Å². The second-order valence-corrected chi connectivity index (χ2v) is 4.95. The highest BCUT2D eigenvalue weighted by Gasteiger charge is 2.81. The lowest BCUT2D eigenvalue weighted by molar-refractivity contribution is -0.228. The van der Waals surface area contributed by atoms with Crippen molar-refractivity contribution in [2.75, 3.05) is 13.2 Å². The smallest absolute Gasteiger partial charge is 0.337 e. The number of esters is 1. The molecule has 0 aromatic heterocycles. The molecule has 3 atom stereocenters. The number of rotatable bonds is 4. The lowest BCUT2D eigenvalue weighted by Crippen LogP contribution is -2.59. The summed E-state index contributed by atoms with van der Waals surface area (Å²) in [6.45, 7) is 3.86. The first-order valence-corrected chi connectivity index (χ1v) is 6.44. The minimum absolute atomic E-state index is 0.158. The van der Waals surface area contributed by atoms with Crippen molar-refractivity contribution in [3.05, 3.63) is 12.2 Å². The summed E-state index contributed by atoms with van der Waals surface area (Å²) in [5, 5.41) is 1.29. The van der Waals surface area contributed by atoms with Gasteiger partial charge in [-0.3, -0.25) is 14.4 Å². The third-order valence-electron chi connectivity index (χ3n) is 4.15. The zero-order valence-electron chi connectivity index (χ0n) is 10.8. The number of Topliss-reactive ketones (excluding diaryl/α,β-unsaturated/α-hetero) is 2. The van der Waals surface area contributed by atoms with Crippen molar-refractivity contribution in [3.8, 4) is 0 Å². The zero-order chi connectivity index (χ0) is 13.8. The molecule has 6 heteroatoms. The van der Waals surface area contributed by atoms with E-state index >= 15 is 0 Å². The van der Waals surface area contributed by atoms with Gasteiger partial charge in [-0.2, -0.15) is 0 Å². The minimum Gasteiger partial charge on any atom is -0.464 e. The molecular formula is C13H15NO5. The van der Waals surface area contributed by atoms with Crippen molar-refractivity contribution < 1.29 is 24.0 Å². The van der Waals surface area contributed by atoms with Gasteiger partial charge in [-0.15, -0.1) is 5.06 Å². The fraction of sp³-hybridized carbons (Fsp3) is 0.615. The average Bonchev–Trinajstić information content (AvgIpc) is 2.96. The standard InChI is InChI=1S/C13H15NO5/c1-3-18-11(17)13-8-5-6-12(7-8,9(15)10(13)16)14(13)19-4-2/h5-6,8H,3-4,7H2,1-2H3. The first-order chi connectivity index (χ1) is 9.05. The van der Waals surface area contributed by atoms with Gasteiger partial charge in [-0.1, -0.05) is 12.2 Å². The Balaban J connectivity index is 2.14. The molecule has 19 heavy (non-hydrogen) atoms. The number of hydrogen-bond donors (Lipinski definition) is 0. The summed E-state index contributed by atoms with van der Waals surface area (Å²) in [7, 11) is 0. The Kier molecular flexibility index (Phi) is 2.46. The predicted molar refractivity (Wildman–Crippen MR) is 62.8 cm³/mol. The molecule has 0 saturated carbocycles. The lowest BCUT2D eigenvalue weighted by atomic mass is 9.77. The highest BCUT2D eigenvalue weighted by Crippen LogP contribution is 2.58. The molecule has 3 rings (SSSR count). The second-order valence-electron chi connectivity index (χ2n) is 4.95. The summed E-state index contributed by atoms with van der Waals surface area (Å²) in [4.78, 5) is 42.3. The molecule has 0 N–H and O–H groups in total. The summed E-state index contributed by atoms with van der Waals surface area (Å²) >= 11 is 0. The van der Waals surface area contributed by atoms with Crippen molar-refractivity contribution in [2.24, 2.45) is 5.92 Å². The molecule has 3 aliphatic rings. The van der Waals surface area contributed by atoms with Crippen LogP contribution in [0.3, 0.4) is 0 Å². The van der Waals surface area contributed by atoms with E-state index in [-0.39, 0.29) is 19.1 Å². The number of ether oxygens (including phenoxy) is 1. The van der Waals surface area contributed by atoms with Crippen LogP contribution in [0.1, 0.15) is 20.3 Å². The zero-order valence-corrected chi connectivity index (χ0v) is 10.8. The Labute approximate surface area is 110 Å². The van der Waals surface area contributed by atoms with Gasteiger partial charge >= 0.3 is 5.97 Å². The Morgan fingerprint density at radius 1 is 1.37 bits per heavy atom. The number of nitrogens with zero attached hydrogens (tertiary/aromatic N) is 1. The van der Waals surface area contributed by atoms with Crippen molar-refractivity contribution in [2.45, 2.75) is 31.3 Å². The van der Waals surface area contributed by atoms with Gasteiger partial charge in [0.1, 0.15) is 5.54 Å². The predicted octanol–water partition coefficient (Wildman–Crippen LogP) is 0.0221. The van der Waals surface area contributed by atoms with E-state index in [9.17, 15) is 14.4 Å². The van der Waals surface area contributed by atoms with Crippen LogP contribution in [0.5, 0.6) is 0 Å². The van der Waals surface area contributed by atoms with Crippen LogP contribution in [0, 0.1) is 5.92 Å². The Bertz CT molecular complexity index is 513. The molecule has 3 bridgehead atoms. The molecule has 0 aromatic rings. The summed E-state index contributed by atoms with van der Waals surface area (Å²) in [6.07, 6.45) is 3.85. The van der Waals surface area contributed by atoms with Gasteiger partial charge in [-0.05, 0) is 20.3 Å². The summed E-state index contributed by atoms with van der Waals surface area (Å²) < 4.78 is 5.02. The van der Waals surface area contributed by atoms with E-state index in [1.165, 1.54) is 5.06 Å². The number of carbonyl (C=O) groups is 3. The van der Waals surface area contributed by atoms with E-state index in [1.807, 2.05) is 0 Å². The van der Waals surface area contributed by atoms with E-state index in [0.717, 1.165) is 0 Å². The summed E-state index contributed by atoms with van der Waals surface area (Å²) in [5.41, 5.74) is -2.69. The van der Waals surface area contributed by atoms with Gasteiger partial charge < -0.3 is 4.74 Å². The molecule has 1 spiro atoms. The molecule has 3 unspecified atom stereocenters. The SMILES string of the molecule is CCOC(=O)C12C(=O)C(=O)C3(C=CC1C3)N2OCC. The quantitative estimate of drug-likeness (QED) is 0.309. The molecule has 1 aliphatic carbocycles. The molecule has 2 heterocycles. The second kappa shape index (κ2) is 3.74. The fourth-order valence-corrected chi connectivity index (χ4v) is 3.45. The maximum absolute atomic E-state index is 12.3. The highest BCUT2D eigenvalue weighted by atomic mass is 16.7. The normalized spacial score (nSPS) is 39.4. The lowest BCUT2D eigenvalue weighted by Gasteiger charge is -2.35. The third kappa shape index (κ3) is 1.12. The number of hydrogen-bond acceptors (Lipinski definition) is 6. The molecule has 0 aromatic carbocycles. The van der Waals surface area contributed by atoms with E-state index in [1.54, 1.807) is 26.0 Å². The Morgan fingerprint density at radius 2 is 2.11 bits per heavy atom. The first-order valence-electron chi connectivity index (χ1n) is 6.44. The average molecular weight is 265 g/mol. The van der Waals surface area contributed by atoms with Gasteiger partial charge in [0.15, 0.2) is 0 Å². The molecule has 6 nitrogen and oxygen atoms in total. The van der Waals surface area contributed by atoms with Crippen molar-refractivity contribution in [3.63, 3.8) is 0 Å². The van der Waals surface area contributed by atoms with Gasteiger partial charge in [0.2, 0.25) is 17.1 Å². The Morgan fingerprint density at radius 3 is 2.74 bits per heavy atom. The first kappa shape index (κ1) is 12.5. The molecule has 2 saturated heterocycles. The van der Waals surface area contributed by atoms with Crippen LogP contribution in [0.2, 0.25) is 0 Å². The van der Waals surface area contributed by atoms with Gasteiger partial charge in [0.25, 0.3) is 0 Å². The maximum Gasteiger partial charge on any atom is 0.337 e. The maximum atomic E-state index is 12.3. The highest BCUT2D eigenvalue weighted by molar-refractivity contribution is 6.51. The molecule has 0 amide bonds. The Hall–Kier alpha value is -1.53. The van der Waals surface area contributed by atoms with E-state index < -0.39 is 28.6 Å². The number of fused-ring (bicyclic) bond motifs is 3. The van der Waals surface area contributed by atoms with Crippen LogP contribution in [0.15, 0.2) is 12.2 Å². The van der Waals surface area contributed by atoms with Crippen molar-refractivity contribution >= 4 is 17.5 Å². The monoisotopic (exact) mass is 265 g/mol. The van der Waals surface area contributed by atoms with Crippen LogP contribution in [0.4, 0.5) is 0 Å². The molecule has 102 valence electrons. The molecule has 0 radical (unpaired) electrons. The van der Waals surface area contributed by atoms with Crippen LogP contribution < -0.4 is 0 Å². The number of hydroxylamine groups is 2. The van der Waals surface area contributed by atoms with Crippen molar-refractivity contribution in [1.82, 2.24) is 5.06 Å². The minimum atomic E-state index is -1.60. The summed E-state index contributed by atoms with van der Waals surface area (Å²) in [6, 6.07) is 0. The number of ketones is 2. The van der Waals surface area contributed by atoms with Gasteiger partial charge in [0, 0.05) is 5.92 Å². The van der Waals surface area contributed by atoms with Crippen LogP contribution >= 0.6 is 0 Å². The molecular weight excluding hydrogens is 250 g/mol. The largest absolute Gasteiger partial charge is 0.464 e. The van der Waals surface area contributed by atoms with Crippen LogP contribution in [-0.2, 0) is 24.0 Å². The van der Waals surface area contributed by atoms with Crippen LogP contribution in [-0.4, -0.2) is 46.9 Å². The fourth-order valence-electron chi connectivity index (χ4n) is 3.45. The summed E-state index contributed by atoms with van der Waals surface area (Å²) in [5.74, 6) is -2.31.